The molecule has 5 heteroatoms. The second-order valence-electron chi connectivity index (χ2n) is 3.16. The topological polar surface area (TPSA) is 29.1 Å². The first kappa shape index (κ1) is 12.6. The molecule has 1 aromatic carbocycles. The maximum absolute atomic E-state index is 11.4. The average Bonchev–Trinajstić information content (AvgIpc) is 2.18. The molecule has 0 bridgehead atoms. The van der Waals surface area contributed by atoms with Crippen LogP contribution in [-0.4, -0.2) is 11.3 Å². The van der Waals surface area contributed by atoms with Gasteiger partial charge in [0.05, 0.1) is 15.7 Å². The van der Waals surface area contributed by atoms with Crippen molar-refractivity contribution in [2.75, 3.05) is 5.32 Å². The molecule has 0 heterocycles. The van der Waals surface area contributed by atoms with Crippen LogP contribution in [0, 0.1) is 6.92 Å². The zero-order chi connectivity index (χ0) is 11.6. The third kappa shape index (κ3) is 3.00. The number of carbonyl (C=O) groups is 1. The van der Waals surface area contributed by atoms with Crippen LogP contribution in [0.1, 0.15) is 12.5 Å². The molecule has 0 aliphatic heterocycles. The first-order valence-corrected chi connectivity index (χ1v) is 5.52. The van der Waals surface area contributed by atoms with E-state index in [-0.39, 0.29) is 5.91 Å². The van der Waals surface area contributed by atoms with Crippen molar-refractivity contribution in [3.8, 4) is 0 Å². The lowest BCUT2D eigenvalue weighted by Crippen LogP contribution is -2.20. The van der Waals surface area contributed by atoms with Gasteiger partial charge in [-0.3, -0.25) is 4.79 Å². The maximum atomic E-state index is 11.4. The van der Waals surface area contributed by atoms with Crippen molar-refractivity contribution in [1.29, 1.82) is 0 Å². The fourth-order valence-corrected chi connectivity index (χ4v) is 1.51. The van der Waals surface area contributed by atoms with Crippen molar-refractivity contribution in [1.82, 2.24) is 0 Å². The van der Waals surface area contributed by atoms with Crippen LogP contribution in [0.15, 0.2) is 12.1 Å². The van der Waals surface area contributed by atoms with Crippen molar-refractivity contribution in [3.05, 3.63) is 27.7 Å². The normalized spacial score (nSPS) is 12.3. The molecule has 82 valence electrons. The lowest BCUT2D eigenvalue weighted by Gasteiger charge is -2.11. The molecule has 0 aliphatic rings. The Morgan fingerprint density at radius 1 is 1.40 bits per heavy atom. The number of hydrogen-bond donors (Lipinski definition) is 1. The number of aryl methyl sites for hydroxylation is 1. The predicted molar refractivity (Wildman–Crippen MR) is 65.1 cm³/mol. The van der Waals surface area contributed by atoms with Gasteiger partial charge in [-0.2, -0.15) is 0 Å². The highest BCUT2D eigenvalue weighted by molar-refractivity contribution is 6.41. The third-order valence-corrected chi connectivity index (χ3v) is 2.89. The van der Waals surface area contributed by atoms with Gasteiger partial charge in [0, 0.05) is 0 Å². The lowest BCUT2D eigenvalue weighted by atomic mass is 10.2. The number of anilines is 1. The number of rotatable bonds is 2. The maximum Gasteiger partial charge on any atom is 0.242 e. The Labute approximate surface area is 104 Å². The summed E-state index contributed by atoms with van der Waals surface area (Å²) >= 11 is 17.5. The Kier molecular flexibility index (Phi) is 4.26. The zero-order valence-corrected chi connectivity index (χ0v) is 10.5. The van der Waals surface area contributed by atoms with Gasteiger partial charge in [0.2, 0.25) is 5.91 Å². The molecule has 1 amide bonds. The van der Waals surface area contributed by atoms with E-state index >= 15 is 0 Å². The van der Waals surface area contributed by atoms with Crippen LogP contribution in [0.25, 0.3) is 0 Å². The van der Waals surface area contributed by atoms with Crippen LogP contribution in [0.5, 0.6) is 0 Å². The second kappa shape index (κ2) is 5.06. The summed E-state index contributed by atoms with van der Waals surface area (Å²) in [6, 6.07) is 3.46. The molecular weight excluding hydrogens is 256 g/mol. The lowest BCUT2D eigenvalue weighted by molar-refractivity contribution is -0.115. The van der Waals surface area contributed by atoms with Crippen LogP contribution in [0.2, 0.25) is 10.0 Å². The Balaban J connectivity index is 3.04. The van der Waals surface area contributed by atoms with Crippen molar-refractivity contribution in [2.45, 2.75) is 19.2 Å². The molecular formula is C10H10Cl3NO. The Morgan fingerprint density at radius 3 is 2.53 bits per heavy atom. The van der Waals surface area contributed by atoms with E-state index in [4.69, 9.17) is 34.8 Å². The van der Waals surface area contributed by atoms with Gasteiger partial charge in [-0.05, 0) is 25.5 Å². The largest absolute Gasteiger partial charge is 0.322 e. The fourth-order valence-electron chi connectivity index (χ4n) is 0.994. The standard InChI is InChI=1S/C10H10Cl3NO/c1-5-3-4-7(12)9(8(5)13)14-10(15)6(2)11/h3-4,6H,1-2H3,(H,14,15)/t6-/m0/s1. The molecule has 0 fully saturated rings. The number of amides is 1. The molecule has 0 aliphatic carbocycles. The first-order chi connectivity index (χ1) is 6.93. The summed E-state index contributed by atoms with van der Waals surface area (Å²) in [4.78, 5) is 11.4. The molecule has 0 spiro atoms. The van der Waals surface area contributed by atoms with Gasteiger partial charge in [-0.1, -0.05) is 29.3 Å². The van der Waals surface area contributed by atoms with Crippen molar-refractivity contribution < 1.29 is 4.79 Å². The number of benzene rings is 1. The summed E-state index contributed by atoms with van der Waals surface area (Å²) < 4.78 is 0. The summed E-state index contributed by atoms with van der Waals surface area (Å²) in [5, 5.41) is 2.79. The summed E-state index contributed by atoms with van der Waals surface area (Å²) in [7, 11) is 0. The number of alkyl halides is 1. The predicted octanol–water partition coefficient (Wildman–Crippen LogP) is 3.87. The molecule has 0 saturated carbocycles. The quantitative estimate of drug-likeness (QED) is 0.809. The van der Waals surface area contributed by atoms with Crippen LogP contribution < -0.4 is 5.32 Å². The SMILES string of the molecule is Cc1ccc(Cl)c(NC(=O)[C@H](C)Cl)c1Cl. The summed E-state index contributed by atoms with van der Waals surface area (Å²) in [5.74, 6) is -0.328. The fraction of sp³-hybridized carbons (Fsp3) is 0.300. The van der Waals surface area contributed by atoms with Crippen molar-refractivity contribution in [2.24, 2.45) is 0 Å². The summed E-state index contributed by atoms with van der Waals surface area (Å²) in [5.41, 5.74) is 1.26. The minimum atomic E-state index is -0.627. The molecule has 2 nitrogen and oxygen atoms in total. The molecule has 0 aromatic heterocycles. The molecule has 1 atom stereocenters. The van der Waals surface area contributed by atoms with Gasteiger partial charge in [0.25, 0.3) is 0 Å². The van der Waals surface area contributed by atoms with E-state index in [0.29, 0.717) is 15.7 Å². The Hall–Kier alpha value is -0.440. The molecule has 1 N–H and O–H groups in total. The molecule has 0 saturated heterocycles. The van der Waals surface area contributed by atoms with Crippen LogP contribution in [0.4, 0.5) is 5.69 Å². The third-order valence-electron chi connectivity index (χ3n) is 1.89. The van der Waals surface area contributed by atoms with Gasteiger partial charge in [0.15, 0.2) is 0 Å². The van der Waals surface area contributed by atoms with Gasteiger partial charge >= 0.3 is 0 Å². The van der Waals surface area contributed by atoms with Crippen LogP contribution in [-0.2, 0) is 4.79 Å². The number of hydrogen-bond acceptors (Lipinski definition) is 1. The van der Waals surface area contributed by atoms with Crippen LogP contribution >= 0.6 is 34.8 Å². The van der Waals surface area contributed by atoms with E-state index in [1.165, 1.54) is 0 Å². The number of carbonyl (C=O) groups excluding carboxylic acids is 1. The van der Waals surface area contributed by atoms with Gasteiger partial charge in [0.1, 0.15) is 5.38 Å². The monoisotopic (exact) mass is 265 g/mol. The van der Waals surface area contributed by atoms with Gasteiger partial charge in [-0.15, -0.1) is 11.6 Å². The molecule has 0 unspecified atom stereocenters. The number of nitrogens with one attached hydrogen (secondary N) is 1. The van der Waals surface area contributed by atoms with E-state index in [1.807, 2.05) is 6.92 Å². The van der Waals surface area contributed by atoms with E-state index in [9.17, 15) is 4.79 Å². The van der Waals surface area contributed by atoms with E-state index in [2.05, 4.69) is 5.32 Å². The summed E-state index contributed by atoms with van der Waals surface area (Å²) in [6.45, 7) is 3.41. The molecule has 0 radical (unpaired) electrons. The van der Waals surface area contributed by atoms with Gasteiger partial charge in [-0.25, -0.2) is 0 Å². The minimum absolute atomic E-state index is 0.328. The first-order valence-electron chi connectivity index (χ1n) is 4.33. The van der Waals surface area contributed by atoms with Gasteiger partial charge < -0.3 is 5.32 Å². The molecule has 15 heavy (non-hydrogen) atoms. The van der Waals surface area contributed by atoms with Crippen LogP contribution in [0.3, 0.4) is 0 Å². The Bertz CT molecular complexity index is 390. The molecule has 1 aromatic rings. The highest BCUT2D eigenvalue weighted by Gasteiger charge is 2.14. The highest BCUT2D eigenvalue weighted by atomic mass is 35.5. The smallest absolute Gasteiger partial charge is 0.242 e. The molecule has 1 rings (SSSR count). The second-order valence-corrected chi connectivity index (χ2v) is 4.60. The van der Waals surface area contributed by atoms with E-state index in [0.717, 1.165) is 5.56 Å². The minimum Gasteiger partial charge on any atom is -0.322 e. The van der Waals surface area contributed by atoms with Crippen molar-refractivity contribution >= 4 is 46.4 Å². The number of halogens is 3. The summed E-state index contributed by atoms with van der Waals surface area (Å²) in [6.07, 6.45) is 0. The zero-order valence-electron chi connectivity index (χ0n) is 8.27. The average molecular weight is 267 g/mol. The van der Waals surface area contributed by atoms with E-state index < -0.39 is 5.38 Å². The van der Waals surface area contributed by atoms with Crippen molar-refractivity contribution in [3.63, 3.8) is 0 Å². The highest BCUT2D eigenvalue weighted by Crippen LogP contribution is 2.32. The Morgan fingerprint density at radius 2 is 2.00 bits per heavy atom. The van der Waals surface area contributed by atoms with E-state index in [1.54, 1.807) is 19.1 Å².